The second-order valence-electron chi connectivity index (χ2n) is 5.55. The number of benzene rings is 2. The molecule has 120 valence electrons. The van der Waals surface area contributed by atoms with Gasteiger partial charge in [-0.05, 0) is 30.2 Å². The number of amides is 1. The average molecular weight is 320 g/mol. The van der Waals surface area contributed by atoms with Crippen molar-refractivity contribution >= 4 is 11.6 Å². The van der Waals surface area contributed by atoms with Crippen LogP contribution in [0.1, 0.15) is 5.56 Å². The number of para-hydroxylation sites is 1. The van der Waals surface area contributed by atoms with E-state index in [0.717, 1.165) is 17.8 Å². The molecule has 3 aromatic rings. The van der Waals surface area contributed by atoms with Gasteiger partial charge in [0.05, 0.1) is 5.69 Å². The van der Waals surface area contributed by atoms with Crippen molar-refractivity contribution in [2.45, 2.75) is 6.42 Å². The van der Waals surface area contributed by atoms with Gasteiger partial charge in [0.1, 0.15) is 18.4 Å². The molecule has 0 fully saturated rings. The molecule has 1 aliphatic rings. The highest BCUT2D eigenvalue weighted by atomic mass is 16.5. The van der Waals surface area contributed by atoms with Crippen LogP contribution >= 0.6 is 0 Å². The largest absolute Gasteiger partial charge is 0.484 e. The fourth-order valence-electron chi connectivity index (χ4n) is 2.88. The van der Waals surface area contributed by atoms with Crippen LogP contribution in [0.25, 0.3) is 5.69 Å². The normalized spacial score (nSPS) is 12.9. The number of anilines is 1. The van der Waals surface area contributed by atoms with Crippen LogP contribution in [0.3, 0.4) is 0 Å². The van der Waals surface area contributed by atoms with Gasteiger partial charge in [0.15, 0.2) is 6.61 Å². The summed E-state index contributed by atoms with van der Waals surface area (Å²) in [6.07, 6.45) is 3.98. The Hall–Kier alpha value is -3.15. The van der Waals surface area contributed by atoms with Crippen molar-refractivity contribution in [3.63, 3.8) is 0 Å². The van der Waals surface area contributed by atoms with Crippen LogP contribution in [0, 0.1) is 0 Å². The van der Waals surface area contributed by atoms with E-state index in [1.165, 1.54) is 11.9 Å². The van der Waals surface area contributed by atoms with Gasteiger partial charge in [0.2, 0.25) is 0 Å². The van der Waals surface area contributed by atoms with Gasteiger partial charge in [0, 0.05) is 18.3 Å². The van der Waals surface area contributed by atoms with Crippen LogP contribution in [-0.4, -0.2) is 33.8 Å². The number of hydrogen-bond acceptors (Lipinski definition) is 4. The third-order valence-corrected chi connectivity index (χ3v) is 4.05. The molecule has 0 aliphatic carbocycles. The molecule has 24 heavy (non-hydrogen) atoms. The van der Waals surface area contributed by atoms with Crippen molar-refractivity contribution in [1.29, 1.82) is 0 Å². The van der Waals surface area contributed by atoms with Crippen molar-refractivity contribution in [3.05, 3.63) is 66.7 Å². The zero-order valence-electron chi connectivity index (χ0n) is 13.0. The van der Waals surface area contributed by atoms with Crippen LogP contribution in [0.5, 0.6) is 5.75 Å². The summed E-state index contributed by atoms with van der Waals surface area (Å²) in [5.74, 6) is 0.593. The average Bonchev–Trinajstić information content (AvgIpc) is 3.29. The lowest BCUT2D eigenvalue weighted by molar-refractivity contribution is -0.120. The Morgan fingerprint density at radius 1 is 1.17 bits per heavy atom. The molecule has 0 saturated heterocycles. The Bertz CT molecular complexity index is 861. The smallest absolute Gasteiger partial charge is 0.264 e. The molecule has 2 aromatic carbocycles. The van der Waals surface area contributed by atoms with E-state index in [9.17, 15) is 4.79 Å². The summed E-state index contributed by atoms with van der Waals surface area (Å²) in [4.78, 5) is 18.2. The molecule has 1 aliphatic heterocycles. The molecular formula is C18H16N4O2. The molecule has 0 bridgehead atoms. The number of hydrogen-bond donors (Lipinski definition) is 0. The summed E-state index contributed by atoms with van der Waals surface area (Å²) in [5, 5.41) is 4.09. The molecule has 1 aromatic heterocycles. The van der Waals surface area contributed by atoms with Crippen molar-refractivity contribution in [3.8, 4) is 11.4 Å². The zero-order chi connectivity index (χ0) is 16.4. The molecule has 4 rings (SSSR count). The standard InChI is InChI=1S/C18H16N4O2/c23-18(21-9-8-14-4-1-2-7-17(14)21)11-24-16-6-3-5-15(10-16)22-13-19-12-20-22/h1-7,10,12-13H,8-9,11H2. The van der Waals surface area contributed by atoms with Gasteiger partial charge in [-0.1, -0.05) is 24.3 Å². The van der Waals surface area contributed by atoms with Crippen LogP contribution in [0.4, 0.5) is 5.69 Å². The minimum atomic E-state index is -0.0360. The molecule has 0 N–H and O–H groups in total. The molecule has 0 saturated carbocycles. The number of aromatic nitrogens is 3. The van der Waals surface area contributed by atoms with Crippen molar-refractivity contribution in [2.24, 2.45) is 0 Å². The molecule has 2 heterocycles. The predicted octanol–water partition coefficient (Wildman–Crippen LogP) is 2.24. The van der Waals surface area contributed by atoms with Gasteiger partial charge in [-0.2, -0.15) is 5.10 Å². The lowest BCUT2D eigenvalue weighted by Gasteiger charge is -2.17. The number of rotatable bonds is 4. The van der Waals surface area contributed by atoms with Gasteiger partial charge in [0.25, 0.3) is 5.91 Å². The maximum absolute atomic E-state index is 12.5. The van der Waals surface area contributed by atoms with E-state index in [4.69, 9.17) is 4.74 Å². The highest BCUT2D eigenvalue weighted by molar-refractivity contribution is 5.96. The van der Waals surface area contributed by atoms with Crippen molar-refractivity contribution < 1.29 is 9.53 Å². The first-order valence-corrected chi connectivity index (χ1v) is 7.77. The van der Waals surface area contributed by atoms with E-state index in [1.807, 2.05) is 42.5 Å². The van der Waals surface area contributed by atoms with Crippen molar-refractivity contribution in [1.82, 2.24) is 14.8 Å². The maximum atomic E-state index is 12.5. The monoisotopic (exact) mass is 320 g/mol. The van der Waals surface area contributed by atoms with Crippen LogP contribution in [-0.2, 0) is 11.2 Å². The van der Waals surface area contributed by atoms with E-state index in [0.29, 0.717) is 12.3 Å². The Morgan fingerprint density at radius 3 is 2.96 bits per heavy atom. The van der Waals surface area contributed by atoms with E-state index >= 15 is 0 Å². The first-order valence-electron chi connectivity index (χ1n) is 7.77. The summed E-state index contributed by atoms with van der Waals surface area (Å²) in [5.41, 5.74) is 3.03. The van der Waals surface area contributed by atoms with Gasteiger partial charge >= 0.3 is 0 Å². The summed E-state index contributed by atoms with van der Waals surface area (Å²) < 4.78 is 7.33. The SMILES string of the molecule is O=C(COc1cccc(-n2cncn2)c1)N1CCc2ccccc21. The van der Waals surface area contributed by atoms with Gasteiger partial charge in [-0.3, -0.25) is 4.79 Å². The molecule has 0 atom stereocenters. The molecule has 6 heteroatoms. The highest BCUT2D eigenvalue weighted by Gasteiger charge is 2.24. The van der Waals surface area contributed by atoms with Crippen LogP contribution in [0.15, 0.2) is 61.2 Å². The van der Waals surface area contributed by atoms with Gasteiger partial charge in [-0.15, -0.1) is 0 Å². The van der Waals surface area contributed by atoms with E-state index in [2.05, 4.69) is 16.1 Å². The van der Waals surface area contributed by atoms with E-state index < -0.39 is 0 Å². The fourth-order valence-corrected chi connectivity index (χ4v) is 2.88. The van der Waals surface area contributed by atoms with Crippen LogP contribution < -0.4 is 9.64 Å². The minimum Gasteiger partial charge on any atom is -0.484 e. The second kappa shape index (κ2) is 6.16. The number of nitrogens with zero attached hydrogens (tertiary/aromatic N) is 4. The minimum absolute atomic E-state index is 0.00907. The molecule has 0 spiro atoms. The molecule has 0 unspecified atom stereocenters. The summed E-state index contributed by atoms with van der Waals surface area (Å²) in [6.45, 7) is 0.718. The van der Waals surface area contributed by atoms with E-state index in [1.54, 1.807) is 15.9 Å². The number of ether oxygens (including phenoxy) is 1. The number of carbonyl (C=O) groups excluding carboxylic acids is 1. The summed E-state index contributed by atoms with van der Waals surface area (Å²) in [6, 6.07) is 15.4. The summed E-state index contributed by atoms with van der Waals surface area (Å²) in [7, 11) is 0. The second-order valence-corrected chi connectivity index (χ2v) is 5.55. The van der Waals surface area contributed by atoms with Crippen LogP contribution in [0.2, 0.25) is 0 Å². The van der Waals surface area contributed by atoms with E-state index in [-0.39, 0.29) is 12.5 Å². The Kier molecular flexibility index (Phi) is 3.70. The van der Waals surface area contributed by atoms with Gasteiger partial charge < -0.3 is 9.64 Å². The number of fused-ring (bicyclic) bond motifs is 1. The third-order valence-electron chi connectivity index (χ3n) is 4.05. The lowest BCUT2D eigenvalue weighted by atomic mass is 10.2. The molecule has 1 amide bonds. The fraction of sp³-hybridized carbons (Fsp3) is 0.167. The number of carbonyl (C=O) groups is 1. The first-order chi connectivity index (χ1) is 11.8. The molecular weight excluding hydrogens is 304 g/mol. The lowest BCUT2D eigenvalue weighted by Crippen LogP contribution is -2.33. The van der Waals surface area contributed by atoms with Crippen molar-refractivity contribution in [2.75, 3.05) is 18.1 Å². The molecule has 0 radical (unpaired) electrons. The predicted molar refractivity (Wildman–Crippen MR) is 89.4 cm³/mol. The quantitative estimate of drug-likeness (QED) is 0.740. The molecule has 6 nitrogen and oxygen atoms in total. The third kappa shape index (κ3) is 2.74. The zero-order valence-corrected chi connectivity index (χ0v) is 13.0. The first kappa shape index (κ1) is 14.4. The Morgan fingerprint density at radius 2 is 2.08 bits per heavy atom. The van der Waals surface area contributed by atoms with Gasteiger partial charge in [-0.25, -0.2) is 9.67 Å². The Labute approximate surface area is 139 Å². The summed E-state index contributed by atoms with van der Waals surface area (Å²) >= 11 is 0. The highest BCUT2D eigenvalue weighted by Crippen LogP contribution is 2.27. The Balaban J connectivity index is 1.44. The maximum Gasteiger partial charge on any atom is 0.264 e. The topological polar surface area (TPSA) is 60.3 Å².